The molecule has 1 N–H and O–H groups in total. The van der Waals surface area contributed by atoms with E-state index in [1.165, 1.54) is 16.9 Å². The van der Waals surface area contributed by atoms with E-state index in [9.17, 15) is 4.79 Å². The third-order valence-corrected chi connectivity index (χ3v) is 6.29. The zero-order valence-corrected chi connectivity index (χ0v) is 14.0. The van der Waals surface area contributed by atoms with E-state index in [0.717, 1.165) is 16.3 Å². The summed E-state index contributed by atoms with van der Waals surface area (Å²) >= 11 is 0. The van der Waals surface area contributed by atoms with Crippen molar-refractivity contribution in [2.45, 2.75) is 14.7 Å². The van der Waals surface area contributed by atoms with Gasteiger partial charge in [-0.2, -0.15) is 0 Å². The highest BCUT2D eigenvalue weighted by Gasteiger charge is 2.37. The van der Waals surface area contributed by atoms with Crippen LogP contribution in [0.5, 0.6) is 0 Å². The molecule has 3 nitrogen and oxygen atoms in total. The summed E-state index contributed by atoms with van der Waals surface area (Å²) in [4.78, 5) is 15.5. The Morgan fingerprint density at radius 3 is 2.12 bits per heavy atom. The Kier molecular flexibility index (Phi) is 3.75. The number of para-hydroxylation sites is 2. The quantitative estimate of drug-likeness (QED) is 0.429. The summed E-state index contributed by atoms with van der Waals surface area (Å²) in [5.41, 5.74) is 2.81. The average Bonchev–Trinajstić information content (AvgIpc) is 2.65. The third-order valence-electron chi connectivity index (χ3n) is 3.97. The molecule has 0 saturated carbocycles. The normalized spacial score (nSPS) is 12.7. The summed E-state index contributed by atoms with van der Waals surface area (Å²) in [5.74, 6) is -0.308. The van der Waals surface area contributed by atoms with E-state index in [-0.39, 0.29) is 16.9 Å². The minimum atomic E-state index is -0.308. The molecule has 118 valence electrons. The second-order valence-electron chi connectivity index (χ2n) is 5.44. The lowest BCUT2D eigenvalue weighted by atomic mass is 10.2. The second kappa shape index (κ2) is 6.06. The maximum atomic E-state index is 11.9. The Bertz CT molecular complexity index is 877. The van der Waals surface area contributed by atoms with E-state index in [2.05, 4.69) is 47.8 Å². The standard InChI is InChI=1S/C20H16NO2S/c1-23-20(22)14-7-6-8-15(13-14)24-18-11-4-2-9-16(18)21-17-10-3-5-12-19(17)24/h2-13,21H,1H3/q+1. The van der Waals surface area contributed by atoms with Gasteiger partial charge in [0.25, 0.3) is 0 Å². The fourth-order valence-corrected chi connectivity index (χ4v) is 5.19. The number of carbonyl (C=O) groups is 1. The fourth-order valence-electron chi connectivity index (χ4n) is 2.88. The van der Waals surface area contributed by atoms with Gasteiger partial charge in [0.2, 0.25) is 0 Å². The molecule has 0 radical (unpaired) electrons. The molecule has 4 heteroatoms. The predicted octanol–water partition coefficient (Wildman–Crippen LogP) is 4.63. The third kappa shape index (κ3) is 2.45. The molecule has 3 aromatic rings. The SMILES string of the molecule is COC(=O)c1cccc([S+]2c3ccccc3Nc3ccccc32)c1. The second-order valence-corrected chi connectivity index (χ2v) is 7.41. The minimum absolute atomic E-state index is 0.257. The summed E-state index contributed by atoms with van der Waals surface area (Å²) in [6.45, 7) is 0. The summed E-state index contributed by atoms with van der Waals surface area (Å²) in [5, 5.41) is 3.50. The van der Waals surface area contributed by atoms with E-state index >= 15 is 0 Å². The van der Waals surface area contributed by atoms with Crippen LogP contribution in [0.2, 0.25) is 0 Å². The number of ether oxygens (including phenoxy) is 1. The monoisotopic (exact) mass is 334 g/mol. The molecule has 24 heavy (non-hydrogen) atoms. The zero-order chi connectivity index (χ0) is 16.5. The van der Waals surface area contributed by atoms with Crippen LogP contribution in [0.1, 0.15) is 10.4 Å². The lowest BCUT2D eigenvalue weighted by Gasteiger charge is -2.20. The van der Waals surface area contributed by atoms with Crippen LogP contribution in [0.15, 0.2) is 87.5 Å². The van der Waals surface area contributed by atoms with E-state index in [0.29, 0.717) is 5.56 Å². The first-order chi connectivity index (χ1) is 11.8. The molecule has 0 bridgehead atoms. The summed E-state index contributed by atoms with van der Waals surface area (Å²) in [6, 6.07) is 24.4. The Hall–Kier alpha value is -2.72. The van der Waals surface area contributed by atoms with Crippen molar-refractivity contribution in [1.29, 1.82) is 0 Å². The maximum Gasteiger partial charge on any atom is 0.338 e. The van der Waals surface area contributed by atoms with Crippen LogP contribution in [0.3, 0.4) is 0 Å². The molecule has 0 saturated heterocycles. The van der Waals surface area contributed by atoms with Crippen molar-refractivity contribution < 1.29 is 9.53 Å². The van der Waals surface area contributed by atoms with Gasteiger partial charge < -0.3 is 10.1 Å². The Labute approximate surface area is 143 Å². The molecule has 3 aromatic carbocycles. The number of anilines is 2. The largest absolute Gasteiger partial charge is 0.465 e. The van der Waals surface area contributed by atoms with Gasteiger partial charge in [-0.25, -0.2) is 4.79 Å². The van der Waals surface area contributed by atoms with E-state index in [1.54, 1.807) is 6.07 Å². The molecule has 0 atom stereocenters. The molecular weight excluding hydrogens is 318 g/mol. The number of carbonyl (C=O) groups excluding carboxylic acids is 1. The van der Waals surface area contributed by atoms with Gasteiger partial charge in [-0.3, -0.25) is 0 Å². The van der Waals surface area contributed by atoms with Crippen molar-refractivity contribution in [3.05, 3.63) is 78.4 Å². The molecule has 0 aliphatic carbocycles. The highest BCUT2D eigenvalue weighted by atomic mass is 32.2. The highest BCUT2D eigenvalue weighted by molar-refractivity contribution is 7.97. The first-order valence-corrected chi connectivity index (χ1v) is 8.88. The molecule has 0 fully saturated rings. The molecule has 0 spiro atoms. The van der Waals surface area contributed by atoms with Gasteiger partial charge in [0.05, 0.1) is 24.0 Å². The topological polar surface area (TPSA) is 38.3 Å². The lowest BCUT2D eigenvalue weighted by Crippen LogP contribution is -2.15. The van der Waals surface area contributed by atoms with Gasteiger partial charge in [-0.05, 0) is 36.4 Å². The van der Waals surface area contributed by atoms with Gasteiger partial charge >= 0.3 is 5.97 Å². The van der Waals surface area contributed by atoms with Crippen LogP contribution in [0, 0.1) is 0 Å². The highest BCUT2D eigenvalue weighted by Crippen LogP contribution is 2.44. The number of hydrogen-bond acceptors (Lipinski definition) is 3. The van der Waals surface area contributed by atoms with Crippen molar-refractivity contribution in [3.63, 3.8) is 0 Å². The van der Waals surface area contributed by atoms with E-state index in [1.807, 2.05) is 24.3 Å². The summed E-state index contributed by atoms with van der Waals surface area (Å²) in [6.07, 6.45) is 0. The molecule has 4 rings (SSSR count). The predicted molar refractivity (Wildman–Crippen MR) is 96.1 cm³/mol. The molecule has 0 amide bonds. The van der Waals surface area contributed by atoms with Crippen LogP contribution in [-0.4, -0.2) is 13.1 Å². The Morgan fingerprint density at radius 2 is 1.50 bits per heavy atom. The number of hydrogen-bond donors (Lipinski definition) is 1. The number of esters is 1. The fraction of sp³-hybridized carbons (Fsp3) is 0.0500. The molecular formula is C20H16NO2S+. The molecule has 1 aliphatic heterocycles. The van der Waals surface area contributed by atoms with E-state index in [4.69, 9.17) is 4.74 Å². The molecule has 0 unspecified atom stereocenters. The van der Waals surface area contributed by atoms with Crippen molar-refractivity contribution >= 4 is 28.2 Å². The average molecular weight is 334 g/mol. The number of rotatable bonds is 2. The summed E-state index contributed by atoms with van der Waals surface area (Å²) < 4.78 is 4.87. The first-order valence-electron chi connectivity index (χ1n) is 7.65. The van der Waals surface area contributed by atoms with Gasteiger partial charge in [0, 0.05) is 6.07 Å². The Morgan fingerprint density at radius 1 is 0.875 bits per heavy atom. The molecule has 1 aliphatic rings. The first kappa shape index (κ1) is 14.8. The van der Waals surface area contributed by atoms with Crippen molar-refractivity contribution in [2.24, 2.45) is 0 Å². The maximum absolute atomic E-state index is 11.9. The van der Waals surface area contributed by atoms with Crippen LogP contribution < -0.4 is 5.32 Å². The van der Waals surface area contributed by atoms with Crippen LogP contribution >= 0.6 is 0 Å². The van der Waals surface area contributed by atoms with E-state index < -0.39 is 0 Å². The van der Waals surface area contributed by atoms with Gasteiger partial charge in [0.1, 0.15) is 10.9 Å². The minimum Gasteiger partial charge on any atom is -0.465 e. The van der Waals surface area contributed by atoms with Crippen LogP contribution in [0.4, 0.5) is 11.4 Å². The summed E-state index contributed by atoms with van der Waals surface area (Å²) in [7, 11) is 1.15. The zero-order valence-electron chi connectivity index (χ0n) is 13.2. The molecule has 1 heterocycles. The number of nitrogens with one attached hydrogen (secondary N) is 1. The smallest absolute Gasteiger partial charge is 0.338 e. The van der Waals surface area contributed by atoms with Gasteiger partial charge in [0.15, 0.2) is 14.7 Å². The van der Waals surface area contributed by atoms with Crippen molar-refractivity contribution in [3.8, 4) is 0 Å². The number of methoxy groups -OCH3 is 1. The van der Waals surface area contributed by atoms with Crippen molar-refractivity contribution in [1.82, 2.24) is 0 Å². The molecule has 0 aromatic heterocycles. The number of fused-ring (bicyclic) bond motifs is 2. The Balaban J connectivity index is 1.91. The van der Waals surface area contributed by atoms with Crippen LogP contribution in [-0.2, 0) is 15.6 Å². The van der Waals surface area contributed by atoms with Gasteiger partial charge in [-0.1, -0.05) is 30.3 Å². The van der Waals surface area contributed by atoms with Gasteiger partial charge in [-0.15, -0.1) is 0 Å². The van der Waals surface area contributed by atoms with Crippen LogP contribution in [0.25, 0.3) is 0 Å². The lowest BCUT2D eigenvalue weighted by molar-refractivity contribution is 0.0600. The van der Waals surface area contributed by atoms with Crippen molar-refractivity contribution in [2.75, 3.05) is 12.4 Å². The number of benzene rings is 3.